The summed E-state index contributed by atoms with van der Waals surface area (Å²) in [5.41, 5.74) is 2.06. The molecule has 3 aliphatic heterocycles. The van der Waals surface area contributed by atoms with Crippen molar-refractivity contribution in [1.29, 1.82) is 0 Å². The summed E-state index contributed by atoms with van der Waals surface area (Å²) in [7, 11) is 0. The van der Waals surface area contributed by atoms with Crippen molar-refractivity contribution < 1.29 is 14.3 Å². The third-order valence-electron chi connectivity index (χ3n) is 5.77. The van der Waals surface area contributed by atoms with Gasteiger partial charge in [-0.05, 0) is 38.4 Å². The Balaban J connectivity index is 1.77. The van der Waals surface area contributed by atoms with Crippen LogP contribution in [0.1, 0.15) is 31.4 Å². The number of morpholine rings is 1. The van der Waals surface area contributed by atoms with E-state index in [1.165, 1.54) is 0 Å². The average Bonchev–Trinajstić information content (AvgIpc) is 3.29. The van der Waals surface area contributed by atoms with E-state index in [0.29, 0.717) is 35.4 Å². The van der Waals surface area contributed by atoms with Crippen molar-refractivity contribution in [2.45, 2.75) is 31.8 Å². The molecule has 2 unspecified atom stereocenters. The van der Waals surface area contributed by atoms with Crippen LogP contribution in [0, 0.1) is 0 Å². The molecule has 3 aliphatic rings. The van der Waals surface area contributed by atoms with Crippen LogP contribution in [-0.2, 0) is 14.3 Å². The molecule has 0 amide bonds. The van der Waals surface area contributed by atoms with Gasteiger partial charge < -0.3 is 20.1 Å². The molecule has 0 radical (unpaired) electrons. The number of amidine groups is 1. The number of nitrogens with one attached hydrogen (secondary N) is 2. The first-order valence-corrected chi connectivity index (χ1v) is 11.6. The van der Waals surface area contributed by atoms with Gasteiger partial charge in [0.1, 0.15) is 11.9 Å². The zero-order valence-corrected chi connectivity index (χ0v) is 19.1. The van der Waals surface area contributed by atoms with Crippen LogP contribution < -0.4 is 10.6 Å². The lowest BCUT2D eigenvalue weighted by Gasteiger charge is -2.34. The molecule has 1 aromatic carbocycles. The lowest BCUT2D eigenvalue weighted by atomic mass is 9.94. The quantitative estimate of drug-likeness (QED) is 0.627. The van der Waals surface area contributed by atoms with Crippen LogP contribution in [0.5, 0.6) is 0 Å². The van der Waals surface area contributed by atoms with Crippen LogP contribution in [0.25, 0.3) is 0 Å². The maximum Gasteiger partial charge on any atom is 0.338 e. The highest BCUT2D eigenvalue weighted by Gasteiger charge is 2.36. The summed E-state index contributed by atoms with van der Waals surface area (Å²) in [6.07, 6.45) is 2.08. The smallest absolute Gasteiger partial charge is 0.338 e. The Morgan fingerprint density at radius 1 is 1.32 bits per heavy atom. The summed E-state index contributed by atoms with van der Waals surface area (Å²) < 4.78 is 10.9. The van der Waals surface area contributed by atoms with Crippen molar-refractivity contribution in [2.75, 3.05) is 46.0 Å². The van der Waals surface area contributed by atoms with Gasteiger partial charge in [-0.25, -0.2) is 4.79 Å². The average molecular weight is 467 g/mol. The van der Waals surface area contributed by atoms with Gasteiger partial charge in [0.05, 0.1) is 31.4 Å². The predicted molar refractivity (Wildman–Crippen MR) is 122 cm³/mol. The first-order chi connectivity index (χ1) is 15.1. The molecule has 168 valence electrons. The standard InChI is InChI=1S/C22H28Cl2N4O3/c1-2-31-22(29)19-18(13-28-8-10-30-11-9-28)26-21(17-4-3-7-25-17)27-20(19)15-6-5-14(23)12-16(15)24/h5-6,12,17,20,25H,2-4,7-11,13H2,1H3,(H,26,27). The number of halogens is 2. The summed E-state index contributed by atoms with van der Waals surface area (Å²) in [5, 5.41) is 8.00. The van der Waals surface area contributed by atoms with Crippen LogP contribution in [-0.4, -0.2) is 68.7 Å². The minimum absolute atomic E-state index is 0.122. The van der Waals surface area contributed by atoms with Gasteiger partial charge in [0.2, 0.25) is 0 Å². The Hall–Kier alpha value is -1.64. The highest BCUT2D eigenvalue weighted by atomic mass is 35.5. The maximum atomic E-state index is 13.1. The fourth-order valence-electron chi connectivity index (χ4n) is 4.22. The number of carbonyl (C=O) groups is 1. The van der Waals surface area contributed by atoms with Crippen molar-refractivity contribution >= 4 is 35.0 Å². The van der Waals surface area contributed by atoms with E-state index in [2.05, 4.69) is 15.5 Å². The largest absolute Gasteiger partial charge is 0.463 e. The number of hydrogen-bond donors (Lipinski definition) is 2. The van der Waals surface area contributed by atoms with E-state index in [1.807, 2.05) is 6.07 Å². The summed E-state index contributed by atoms with van der Waals surface area (Å²) in [6.45, 7) is 6.60. The van der Waals surface area contributed by atoms with Gasteiger partial charge in [-0.1, -0.05) is 29.3 Å². The van der Waals surface area contributed by atoms with Crippen LogP contribution >= 0.6 is 23.2 Å². The fraction of sp³-hybridized carbons (Fsp3) is 0.545. The second kappa shape index (κ2) is 10.3. The molecule has 1 aromatic rings. The number of carbonyl (C=O) groups excluding carboxylic acids is 1. The lowest BCUT2D eigenvalue weighted by Crippen LogP contribution is -2.47. The molecular weight excluding hydrogens is 439 g/mol. The van der Waals surface area contributed by atoms with E-state index >= 15 is 0 Å². The van der Waals surface area contributed by atoms with Crippen LogP contribution in [0.2, 0.25) is 10.0 Å². The number of hydrogen-bond acceptors (Lipinski definition) is 7. The number of rotatable bonds is 6. The van der Waals surface area contributed by atoms with Gasteiger partial charge in [0, 0.05) is 40.9 Å². The maximum absolute atomic E-state index is 13.1. The Bertz CT molecular complexity index is 878. The molecule has 4 rings (SSSR count). The van der Waals surface area contributed by atoms with E-state index in [4.69, 9.17) is 37.7 Å². The highest BCUT2D eigenvalue weighted by molar-refractivity contribution is 6.35. The van der Waals surface area contributed by atoms with Gasteiger partial charge in [0.15, 0.2) is 0 Å². The van der Waals surface area contributed by atoms with Gasteiger partial charge in [0.25, 0.3) is 0 Å². The molecule has 2 saturated heterocycles. The first-order valence-electron chi connectivity index (χ1n) is 10.8. The third-order valence-corrected chi connectivity index (χ3v) is 6.34. The lowest BCUT2D eigenvalue weighted by molar-refractivity contribution is -0.139. The van der Waals surface area contributed by atoms with Crippen LogP contribution in [0.3, 0.4) is 0 Å². The molecule has 0 aliphatic carbocycles. The number of aliphatic imine (C=N–C) groups is 1. The molecule has 2 atom stereocenters. The molecule has 0 bridgehead atoms. The highest BCUT2D eigenvalue weighted by Crippen LogP contribution is 2.37. The minimum Gasteiger partial charge on any atom is -0.463 e. The zero-order chi connectivity index (χ0) is 21.8. The molecule has 31 heavy (non-hydrogen) atoms. The van der Waals surface area contributed by atoms with Crippen molar-refractivity contribution in [3.8, 4) is 0 Å². The molecule has 2 fully saturated rings. The zero-order valence-electron chi connectivity index (χ0n) is 17.6. The second-order valence-corrected chi connectivity index (χ2v) is 8.70. The van der Waals surface area contributed by atoms with E-state index in [9.17, 15) is 4.79 Å². The third kappa shape index (κ3) is 5.23. The van der Waals surface area contributed by atoms with E-state index in [0.717, 1.165) is 49.6 Å². The molecule has 9 heteroatoms. The van der Waals surface area contributed by atoms with E-state index in [-0.39, 0.29) is 18.6 Å². The van der Waals surface area contributed by atoms with E-state index in [1.54, 1.807) is 19.1 Å². The Morgan fingerprint density at radius 3 is 2.81 bits per heavy atom. The minimum atomic E-state index is -0.557. The molecule has 0 saturated carbocycles. The van der Waals surface area contributed by atoms with Crippen molar-refractivity contribution in [1.82, 2.24) is 15.5 Å². The van der Waals surface area contributed by atoms with Gasteiger partial charge in [-0.2, -0.15) is 0 Å². The SMILES string of the molecule is CCOC(=O)C1=C(CN2CCOCC2)NC(C2CCCN2)=NC1c1ccc(Cl)cc1Cl. The molecular formula is C22H28Cl2N4O3. The normalized spacial score (nSPS) is 24.7. The molecule has 2 N–H and O–H groups in total. The van der Waals surface area contributed by atoms with Gasteiger partial charge in [-0.15, -0.1) is 0 Å². The Labute approximate surface area is 192 Å². The summed E-state index contributed by atoms with van der Waals surface area (Å²) in [5.74, 6) is 0.460. The van der Waals surface area contributed by atoms with Crippen molar-refractivity contribution in [3.63, 3.8) is 0 Å². The number of ether oxygens (including phenoxy) is 2. The van der Waals surface area contributed by atoms with Gasteiger partial charge >= 0.3 is 5.97 Å². The number of nitrogens with zero attached hydrogens (tertiary/aromatic N) is 2. The van der Waals surface area contributed by atoms with Crippen molar-refractivity contribution in [2.24, 2.45) is 4.99 Å². The topological polar surface area (TPSA) is 75.2 Å². The van der Waals surface area contributed by atoms with E-state index < -0.39 is 6.04 Å². The molecule has 7 nitrogen and oxygen atoms in total. The summed E-state index contributed by atoms with van der Waals surface area (Å²) in [6, 6.07) is 4.87. The first kappa shape index (κ1) is 22.6. The monoisotopic (exact) mass is 466 g/mol. The predicted octanol–water partition coefficient (Wildman–Crippen LogP) is 2.94. The van der Waals surface area contributed by atoms with Crippen molar-refractivity contribution in [3.05, 3.63) is 45.1 Å². The Morgan fingerprint density at radius 2 is 2.13 bits per heavy atom. The summed E-state index contributed by atoms with van der Waals surface area (Å²) in [4.78, 5) is 20.4. The fourth-order valence-corrected chi connectivity index (χ4v) is 4.73. The molecule has 3 heterocycles. The summed E-state index contributed by atoms with van der Waals surface area (Å²) >= 11 is 12.7. The number of benzene rings is 1. The van der Waals surface area contributed by atoms with Gasteiger partial charge in [-0.3, -0.25) is 9.89 Å². The molecule has 0 aromatic heterocycles. The van der Waals surface area contributed by atoms with Crippen LogP contribution in [0.4, 0.5) is 0 Å². The molecule has 0 spiro atoms. The second-order valence-electron chi connectivity index (χ2n) is 7.86. The Kier molecular flexibility index (Phi) is 7.51. The van der Waals surface area contributed by atoms with Crippen LogP contribution in [0.15, 0.2) is 34.5 Å². The number of esters is 1.